The fourth-order valence-electron chi connectivity index (χ4n) is 2.72. The summed E-state index contributed by atoms with van der Waals surface area (Å²) >= 11 is 0. The van der Waals surface area contributed by atoms with Crippen LogP contribution < -0.4 is 9.62 Å². The van der Waals surface area contributed by atoms with Crippen LogP contribution >= 0.6 is 0 Å². The Morgan fingerprint density at radius 2 is 1.88 bits per heavy atom. The summed E-state index contributed by atoms with van der Waals surface area (Å²) in [5.74, 6) is -0.827. The molecule has 0 radical (unpaired) electrons. The van der Waals surface area contributed by atoms with Crippen molar-refractivity contribution in [3.63, 3.8) is 0 Å². The third-order valence-electron chi connectivity index (χ3n) is 4.04. The monoisotopic (exact) mass is 378 g/mol. The van der Waals surface area contributed by atoms with E-state index in [-0.39, 0.29) is 24.6 Å². The van der Waals surface area contributed by atoms with Crippen molar-refractivity contribution in [1.82, 2.24) is 0 Å². The topological polar surface area (TPSA) is 66.5 Å². The SMILES string of the molecule is CCc1cccc(C)c1NC(=O)CCN(c1cccc(F)c1)S(C)(=O)=O. The number of aryl methyl sites for hydroxylation is 2. The van der Waals surface area contributed by atoms with Crippen molar-refractivity contribution >= 4 is 27.3 Å². The molecule has 1 N–H and O–H groups in total. The smallest absolute Gasteiger partial charge is 0.232 e. The summed E-state index contributed by atoms with van der Waals surface area (Å²) in [5, 5.41) is 2.86. The van der Waals surface area contributed by atoms with Gasteiger partial charge in [-0.15, -0.1) is 0 Å². The molecule has 26 heavy (non-hydrogen) atoms. The summed E-state index contributed by atoms with van der Waals surface area (Å²) < 4.78 is 38.5. The third-order valence-corrected chi connectivity index (χ3v) is 5.24. The van der Waals surface area contributed by atoms with Crippen LogP contribution in [0.2, 0.25) is 0 Å². The number of carbonyl (C=O) groups excluding carboxylic acids is 1. The van der Waals surface area contributed by atoms with Crippen LogP contribution in [-0.2, 0) is 21.2 Å². The van der Waals surface area contributed by atoms with E-state index in [1.54, 1.807) is 0 Å². The van der Waals surface area contributed by atoms with Crippen LogP contribution in [0.3, 0.4) is 0 Å². The standard InChI is InChI=1S/C19H23FN2O3S/c1-4-15-8-5-7-14(2)19(15)21-18(23)11-12-22(26(3,24)25)17-10-6-9-16(20)13-17/h5-10,13H,4,11-12H2,1-3H3,(H,21,23). The fourth-order valence-corrected chi connectivity index (χ4v) is 3.64. The number of para-hydroxylation sites is 1. The second kappa shape index (κ2) is 8.31. The Kier molecular flexibility index (Phi) is 6.37. The van der Waals surface area contributed by atoms with Gasteiger partial charge in [-0.3, -0.25) is 9.10 Å². The van der Waals surface area contributed by atoms with Gasteiger partial charge >= 0.3 is 0 Å². The fraction of sp³-hybridized carbons (Fsp3) is 0.316. The Balaban J connectivity index is 2.13. The maximum absolute atomic E-state index is 13.4. The van der Waals surface area contributed by atoms with E-state index >= 15 is 0 Å². The molecule has 0 aliphatic carbocycles. The first-order chi connectivity index (χ1) is 12.2. The summed E-state index contributed by atoms with van der Waals surface area (Å²) in [4.78, 5) is 12.4. The Hall–Kier alpha value is -2.41. The Morgan fingerprint density at radius 3 is 2.50 bits per heavy atom. The van der Waals surface area contributed by atoms with Gasteiger partial charge in [0.15, 0.2) is 0 Å². The lowest BCUT2D eigenvalue weighted by atomic mass is 10.1. The van der Waals surface area contributed by atoms with Gasteiger partial charge in [0.05, 0.1) is 11.9 Å². The van der Waals surface area contributed by atoms with Crippen molar-refractivity contribution in [3.8, 4) is 0 Å². The number of hydrogen-bond acceptors (Lipinski definition) is 3. The van der Waals surface area contributed by atoms with E-state index in [0.29, 0.717) is 0 Å². The molecule has 0 aliphatic heterocycles. The summed E-state index contributed by atoms with van der Waals surface area (Å²) in [6, 6.07) is 11.1. The van der Waals surface area contributed by atoms with E-state index in [9.17, 15) is 17.6 Å². The lowest BCUT2D eigenvalue weighted by Gasteiger charge is -2.22. The Bertz CT molecular complexity index is 897. The van der Waals surface area contributed by atoms with Crippen LogP contribution in [0.25, 0.3) is 0 Å². The van der Waals surface area contributed by atoms with Gasteiger partial charge in [0, 0.05) is 18.7 Å². The largest absolute Gasteiger partial charge is 0.326 e. The van der Waals surface area contributed by atoms with Crippen molar-refractivity contribution in [2.24, 2.45) is 0 Å². The normalized spacial score (nSPS) is 11.2. The minimum absolute atomic E-state index is 0.0406. The molecular weight excluding hydrogens is 355 g/mol. The number of carbonyl (C=O) groups is 1. The predicted octanol–water partition coefficient (Wildman–Crippen LogP) is 3.49. The highest BCUT2D eigenvalue weighted by atomic mass is 32.2. The lowest BCUT2D eigenvalue weighted by molar-refractivity contribution is -0.116. The van der Waals surface area contributed by atoms with Crippen molar-refractivity contribution in [2.75, 3.05) is 22.4 Å². The maximum Gasteiger partial charge on any atom is 0.232 e. The van der Waals surface area contributed by atoms with Gasteiger partial charge in [0.1, 0.15) is 5.82 Å². The summed E-state index contributed by atoms with van der Waals surface area (Å²) in [6.07, 6.45) is 1.77. The molecule has 2 aromatic rings. The molecule has 0 aliphatic rings. The molecule has 0 aromatic heterocycles. The van der Waals surface area contributed by atoms with E-state index in [0.717, 1.165) is 39.9 Å². The zero-order valence-corrected chi connectivity index (χ0v) is 15.9. The molecule has 5 nitrogen and oxygen atoms in total. The number of anilines is 2. The third kappa shape index (κ3) is 5.05. The quantitative estimate of drug-likeness (QED) is 0.802. The molecule has 0 unspecified atom stereocenters. The molecule has 2 rings (SSSR count). The summed E-state index contributed by atoms with van der Waals surface area (Å²) in [5.41, 5.74) is 2.92. The van der Waals surface area contributed by atoms with E-state index in [4.69, 9.17) is 0 Å². The van der Waals surface area contributed by atoms with Gasteiger partial charge in [0.2, 0.25) is 15.9 Å². The lowest BCUT2D eigenvalue weighted by Crippen LogP contribution is -2.33. The molecule has 0 spiro atoms. The predicted molar refractivity (Wildman–Crippen MR) is 102 cm³/mol. The molecule has 0 heterocycles. The highest BCUT2D eigenvalue weighted by molar-refractivity contribution is 7.92. The number of hydrogen-bond donors (Lipinski definition) is 1. The van der Waals surface area contributed by atoms with Gasteiger partial charge in [-0.05, 0) is 42.7 Å². The van der Waals surface area contributed by atoms with Crippen molar-refractivity contribution < 1.29 is 17.6 Å². The van der Waals surface area contributed by atoms with Crippen molar-refractivity contribution in [3.05, 3.63) is 59.4 Å². The number of nitrogens with zero attached hydrogens (tertiary/aromatic N) is 1. The minimum atomic E-state index is -3.64. The number of sulfonamides is 1. The van der Waals surface area contributed by atoms with Crippen LogP contribution in [0, 0.1) is 12.7 Å². The molecule has 0 saturated heterocycles. The molecule has 0 bridgehead atoms. The highest BCUT2D eigenvalue weighted by Crippen LogP contribution is 2.22. The number of rotatable bonds is 7. The van der Waals surface area contributed by atoms with E-state index in [1.165, 1.54) is 18.2 Å². The van der Waals surface area contributed by atoms with Gasteiger partial charge < -0.3 is 5.32 Å². The van der Waals surface area contributed by atoms with Gasteiger partial charge in [-0.25, -0.2) is 12.8 Å². The zero-order chi connectivity index (χ0) is 19.3. The van der Waals surface area contributed by atoms with E-state index in [1.807, 2.05) is 32.0 Å². The average Bonchev–Trinajstić information content (AvgIpc) is 2.55. The average molecular weight is 378 g/mol. The van der Waals surface area contributed by atoms with Crippen LogP contribution in [0.1, 0.15) is 24.5 Å². The first kappa shape index (κ1) is 19.9. The molecule has 0 fully saturated rings. The Morgan fingerprint density at radius 1 is 1.19 bits per heavy atom. The van der Waals surface area contributed by atoms with Crippen LogP contribution in [0.4, 0.5) is 15.8 Å². The van der Waals surface area contributed by atoms with Crippen molar-refractivity contribution in [2.45, 2.75) is 26.7 Å². The van der Waals surface area contributed by atoms with Crippen LogP contribution in [0.5, 0.6) is 0 Å². The first-order valence-electron chi connectivity index (χ1n) is 8.34. The molecular formula is C19H23FN2O3S. The Labute approximate surface area is 153 Å². The van der Waals surface area contributed by atoms with Crippen molar-refractivity contribution in [1.29, 1.82) is 0 Å². The maximum atomic E-state index is 13.4. The molecule has 0 saturated carbocycles. The number of amides is 1. The second-order valence-electron chi connectivity index (χ2n) is 6.08. The van der Waals surface area contributed by atoms with Crippen LogP contribution in [0.15, 0.2) is 42.5 Å². The summed E-state index contributed by atoms with van der Waals surface area (Å²) in [7, 11) is -3.64. The number of benzene rings is 2. The minimum Gasteiger partial charge on any atom is -0.326 e. The second-order valence-corrected chi connectivity index (χ2v) is 7.98. The molecule has 7 heteroatoms. The molecule has 2 aromatic carbocycles. The molecule has 140 valence electrons. The molecule has 1 amide bonds. The molecule has 0 atom stereocenters. The van der Waals surface area contributed by atoms with Gasteiger partial charge in [-0.2, -0.15) is 0 Å². The van der Waals surface area contributed by atoms with Gasteiger partial charge in [-0.1, -0.05) is 31.2 Å². The number of halogens is 1. The number of nitrogens with one attached hydrogen (secondary N) is 1. The van der Waals surface area contributed by atoms with Crippen LogP contribution in [-0.4, -0.2) is 27.1 Å². The zero-order valence-electron chi connectivity index (χ0n) is 15.1. The van der Waals surface area contributed by atoms with Gasteiger partial charge in [0.25, 0.3) is 0 Å². The summed E-state index contributed by atoms with van der Waals surface area (Å²) in [6.45, 7) is 3.84. The van der Waals surface area contributed by atoms with E-state index < -0.39 is 15.8 Å². The highest BCUT2D eigenvalue weighted by Gasteiger charge is 2.19. The van der Waals surface area contributed by atoms with E-state index in [2.05, 4.69) is 5.32 Å². The first-order valence-corrected chi connectivity index (χ1v) is 10.2.